The minimum atomic E-state index is -0.481. The second-order valence-electron chi connectivity index (χ2n) is 4.33. The van der Waals surface area contributed by atoms with Gasteiger partial charge in [-0.05, 0) is 31.9 Å². The first-order chi connectivity index (χ1) is 8.00. The average molecular weight is 235 g/mol. The van der Waals surface area contributed by atoms with Gasteiger partial charge in [0.05, 0.1) is 0 Å². The molecular weight excluding hydrogens is 214 g/mol. The molecule has 4 N–H and O–H groups in total. The Balaban J connectivity index is 2.46. The molecule has 1 atom stereocenters. The Hall–Kier alpha value is -1.55. The number of primary amides is 1. The third-order valence-electron chi connectivity index (χ3n) is 2.77. The molecule has 0 fully saturated rings. The van der Waals surface area contributed by atoms with Crippen LogP contribution in [0.2, 0.25) is 0 Å². The van der Waals surface area contributed by atoms with Crippen LogP contribution in [0, 0.1) is 13.8 Å². The summed E-state index contributed by atoms with van der Waals surface area (Å²) in [6.45, 7) is 7.57. The summed E-state index contributed by atoms with van der Waals surface area (Å²) >= 11 is 0. The van der Waals surface area contributed by atoms with E-state index in [2.05, 4.69) is 49.6 Å². The third-order valence-corrected chi connectivity index (χ3v) is 2.77. The standard InChI is InChI=1S/C13H21N3O/c1-9-4-5-12(10(2)8-9)11(3)15-6-7-16-13(14)17/h4-5,8,11,15H,6-7H2,1-3H3,(H3,14,16,17). The third kappa shape index (κ3) is 4.44. The molecule has 1 rings (SSSR count). The molecule has 0 heterocycles. The number of rotatable bonds is 5. The number of benzene rings is 1. The van der Waals surface area contributed by atoms with Gasteiger partial charge in [0, 0.05) is 19.1 Å². The van der Waals surface area contributed by atoms with Crippen LogP contribution in [0.15, 0.2) is 18.2 Å². The van der Waals surface area contributed by atoms with E-state index in [-0.39, 0.29) is 6.04 Å². The lowest BCUT2D eigenvalue weighted by molar-refractivity contribution is 0.249. The van der Waals surface area contributed by atoms with E-state index in [9.17, 15) is 4.79 Å². The summed E-state index contributed by atoms with van der Waals surface area (Å²) in [6, 6.07) is 6.22. The van der Waals surface area contributed by atoms with E-state index in [0.29, 0.717) is 13.1 Å². The summed E-state index contributed by atoms with van der Waals surface area (Å²) < 4.78 is 0. The molecular formula is C13H21N3O. The maximum absolute atomic E-state index is 10.5. The topological polar surface area (TPSA) is 67.2 Å². The zero-order valence-corrected chi connectivity index (χ0v) is 10.7. The summed E-state index contributed by atoms with van der Waals surface area (Å²) in [5.41, 5.74) is 8.83. The quantitative estimate of drug-likeness (QED) is 0.679. The summed E-state index contributed by atoms with van der Waals surface area (Å²) in [6.07, 6.45) is 0. The normalized spacial score (nSPS) is 12.2. The van der Waals surface area contributed by atoms with E-state index >= 15 is 0 Å². The van der Waals surface area contributed by atoms with Crippen LogP contribution >= 0.6 is 0 Å². The molecule has 4 nitrogen and oxygen atoms in total. The van der Waals surface area contributed by atoms with E-state index in [1.165, 1.54) is 16.7 Å². The fourth-order valence-electron chi connectivity index (χ4n) is 1.90. The van der Waals surface area contributed by atoms with E-state index in [4.69, 9.17) is 5.73 Å². The Morgan fingerprint density at radius 1 is 1.35 bits per heavy atom. The van der Waals surface area contributed by atoms with Gasteiger partial charge in [0.2, 0.25) is 0 Å². The average Bonchev–Trinajstić information content (AvgIpc) is 2.23. The maximum Gasteiger partial charge on any atom is 0.312 e. The Kier molecular flexibility index (Phi) is 4.97. The van der Waals surface area contributed by atoms with Gasteiger partial charge in [-0.1, -0.05) is 23.8 Å². The Morgan fingerprint density at radius 2 is 2.06 bits per heavy atom. The molecule has 0 aliphatic carbocycles. The first-order valence-corrected chi connectivity index (χ1v) is 5.84. The highest BCUT2D eigenvalue weighted by Crippen LogP contribution is 2.18. The van der Waals surface area contributed by atoms with Crippen LogP contribution in [-0.4, -0.2) is 19.1 Å². The highest BCUT2D eigenvalue weighted by Gasteiger charge is 2.07. The number of aryl methyl sites for hydroxylation is 2. The molecule has 0 aliphatic heterocycles. The fraction of sp³-hybridized carbons (Fsp3) is 0.462. The number of nitrogens with one attached hydrogen (secondary N) is 2. The maximum atomic E-state index is 10.5. The van der Waals surface area contributed by atoms with Crippen molar-refractivity contribution in [1.82, 2.24) is 10.6 Å². The Bertz CT molecular complexity index is 390. The van der Waals surface area contributed by atoms with Gasteiger partial charge in [-0.15, -0.1) is 0 Å². The van der Waals surface area contributed by atoms with Gasteiger partial charge in [-0.25, -0.2) is 4.79 Å². The van der Waals surface area contributed by atoms with E-state index < -0.39 is 6.03 Å². The predicted octanol–water partition coefficient (Wildman–Crippen LogP) is 1.62. The van der Waals surface area contributed by atoms with Gasteiger partial charge in [0.15, 0.2) is 0 Å². The highest BCUT2D eigenvalue weighted by atomic mass is 16.2. The molecule has 0 aromatic heterocycles. The lowest BCUT2D eigenvalue weighted by Crippen LogP contribution is -2.36. The number of carbonyl (C=O) groups excluding carboxylic acids is 1. The zero-order chi connectivity index (χ0) is 12.8. The van der Waals surface area contributed by atoms with Gasteiger partial charge in [0.1, 0.15) is 0 Å². The van der Waals surface area contributed by atoms with Crippen LogP contribution in [0.1, 0.15) is 29.7 Å². The molecule has 17 heavy (non-hydrogen) atoms. The molecule has 2 amide bonds. The monoisotopic (exact) mass is 235 g/mol. The molecule has 94 valence electrons. The van der Waals surface area contributed by atoms with Gasteiger partial charge in [0.25, 0.3) is 0 Å². The molecule has 1 aromatic rings. The van der Waals surface area contributed by atoms with E-state index in [0.717, 1.165) is 0 Å². The Morgan fingerprint density at radius 3 is 2.65 bits per heavy atom. The van der Waals surface area contributed by atoms with Gasteiger partial charge in [-0.3, -0.25) is 0 Å². The molecule has 0 saturated heterocycles. The number of urea groups is 1. The van der Waals surface area contributed by atoms with Gasteiger partial charge < -0.3 is 16.4 Å². The van der Waals surface area contributed by atoms with E-state index in [1.54, 1.807) is 0 Å². The van der Waals surface area contributed by atoms with Crippen LogP contribution in [0.25, 0.3) is 0 Å². The molecule has 1 unspecified atom stereocenters. The van der Waals surface area contributed by atoms with Crippen molar-refractivity contribution in [2.45, 2.75) is 26.8 Å². The van der Waals surface area contributed by atoms with Crippen molar-refractivity contribution in [3.63, 3.8) is 0 Å². The van der Waals surface area contributed by atoms with Crippen molar-refractivity contribution < 1.29 is 4.79 Å². The minimum absolute atomic E-state index is 0.269. The van der Waals surface area contributed by atoms with Crippen molar-refractivity contribution in [1.29, 1.82) is 0 Å². The highest BCUT2D eigenvalue weighted by molar-refractivity contribution is 5.71. The van der Waals surface area contributed by atoms with Crippen LogP contribution in [0.5, 0.6) is 0 Å². The summed E-state index contributed by atoms with van der Waals surface area (Å²) in [4.78, 5) is 10.5. The number of hydrogen-bond acceptors (Lipinski definition) is 2. The summed E-state index contributed by atoms with van der Waals surface area (Å²) in [7, 11) is 0. The number of nitrogens with two attached hydrogens (primary N) is 1. The zero-order valence-electron chi connectivity index (χ0n) is 10.7. The predicted molar refractivity (Wildman–Crippen MR) is 69.9 cm³/mol. The van der Waals surface area contributed by atoms with Crippen LogP contribution < -0.4 is 16.4 Å². The van der Waals surface area contributed by atoms with Crippen molar-refractivity contribution >= 4 is 6.03 Å². The minimum Gasteiger partial charge on any atom is -0.352 e. The summed E-state index contributed by atoms with van der Waals surface area (Å²) in [5, 5.41) is 5.90. The molecule has 1 aromatic carbocycles. The molecule has 0 radical (unpaired) electrons. The number of carbonyl (C=O) groups is 1. The molecule has 0 aliphatic rings. The smallest absolute Gasteiger partial charge is 0.312 e. The fourth-order valence-corrected chi connectivity index (χ4v) is 1.90. The van der Waals surface area contributed by atoms with Gasteiger partial charge >= 0.3 is 6.03 Å². The SMILES string of the molecule is Cc1ccc(C(C)NCCNC(N)=O)c(C)c1. The molecule has 4 heteroatoms. The Labute approximate surface area is 103 Å². The molecule has 0 spiro atoms. The number of amides is 2. The lowest BCUT2D eigenvalue weighted by atomic mass is 10.0. The molecule has 0 bridgehead atoms. The van der Waals surface area contributed by atoms with Crippen molar-refractivity contribution in [2.24, 2.45) is 5.73 Å². The second kappa shape index (κ2) is 6.25. The molecule has 0 saturated carbocycles. The second-order valence-corrected chi connectivity index (χ2v) is 4.33. The van der Waals surface area contributed by atoms with Crippen molar-refractivity contribution in [2.75, 3.05) is 13.1 Å². The van der Waals surface area contributed by atoms with Gasteiger partial charge in [-0.2, -0.15) is 0 Å². The number of hydrogen-bond donors (Lipinski definition) is 3. The lowest BCUT2D eigenvalue weighted by Gasteiger charge is -2.17. The van der Waals surface area contributed by atoms with Crippen molar-refractivity contribution in [3.8, 4) is 0 Å². The van der Waals surface area contributed by atoms with E-state index in [1.807, 2.05) is 0 Å². The van der Waals surface area contributed by atoms with Crippen molar-refractivity contribution in [3.05, 3.63) is 34.9 Å². The van der Waals surface area contributed by atoms with Crippen LogP contribution in [0.3, 0.4) is 0 Å². The van der Waals surface area contributed by atoms with Crippen LogP contribution in [-0.2, 0) is 0 Å². The first kappa shape index (κ1) is 13.5. The summed E-state index contributed by atoms with van der Waals surface area (Å²) in [5.74, 6) is 0. The van der Waals surface area contributed by atoms with Crippen LogP contribution in [0.4, 0.5) is 4.79 Å². The largest absolute Gasteiger partial charge is 0.352 e. The first-order valence-electron chi connectivity index (χ1n) is 5.84.